The van der Waals surface area contributed by atoms with Gasteiger partial charge in [0.25, 0.3) is 0 Å². The van der Waals surface area contributed by atoms with E-state index in [4.69, 9.17) is 0 Å². The first-order chi connectivity index (χ1) is 8.74. The van der Waals surface area contributed by atoms with Crippen LogP contribution in [0.1, 0.15) is 47.9 Å². The maximum absolute atomic E-state index is 4.01. The molecule has 1 aliphatic carbocycles. The summed E-state index contributed by atoms with van der Waals surface area (Å²) in [5.41, 5.74) is 2.70. The molecule has 2 N–H and O–H groups in total. The van der Waals surface area contributed by atoms with E-state index in [0.717, 1.165) is 0 Å². The summed E-state index contributed by atoms with van der Waals surface area (Å²) in [6.07, 6.45) is 7.58. The number of thiophene rings is 1. The number of nitrogens with one attached hydrogen (secondary N) is 2. The Bertz CT molecular complexity index is 520. The van der Waals surface area contributed by atoms with E-state index in [1.165, 1.54) is 39.1 Å². The zero-order valence-corrected chi connectivity index (χ0v) is 12.6. The lowest BCUT2D eigenvalue weighted by Crippen LogP contribution is -2.26. The molecule has 2 aromatic rings. The molecule has 1 aliphatic rings. The monoisotopic (exact) mass is 325 g/mol. The largest absolute Gasteiger partial charge is 0.303 e. The molecule has 3 nitrogen and oxygen atoms in total. The number of H-pyrrole nitrogens is 1. The van der Waals surface area contributed by atoms with Gasteiger partial charge in [-0.25, -0.2) is 0 Å². The first-order valence-corrected chi connectivity index (χ1v) is 7.88. The molecule has 0 aromatic carbocycles. The molecule has 0 saturated heterocycles. The summed E-state index contributed by atoms with van der Waals surface area (Å²) >= 11 is 5.48. The molecule has 0 saturated carbocycles. The van der Waals surface area contributed by atoms with Gasteiger partial charge >= 0.3 is 0 Å². The third-order valence-corrected chi connectivity index (χ3v) is 5.27. The summed E-state index contributed by atoms with van der Waals surface area (Å²) in [6, 6.07) is 3.08. The standard InChI is InChI=1S/C13H16BrN3S/c1-8(9-6-15-16-7-9)17-11-3-2-4-12-10(11)5-13(14)18-12/h5-8,11,17H,2-4H2,1H3,(H,15,16). The van der Waals surface area contributed by atoms with Gasteiger partial charge in [0.2, 0.25) is 0 Å². The molecular weight excluding hydrogens is 310 g/mol. The van der Waals surface area contributed by atoms with Crippen LogP contribution in [0.15, 0.2) is 22.2 Å². The lowest BCUT2D eigenvalue weighted by molar-refractivity contribution is 0.418. The van der Waals surface area contributed by atoms with E-state index >= 15 is 0 Å². The zero-order chi connectivity index (χ0) is 12.5. The molecule has 0 radical (unpaired) electrons. The third kappa shape index (κ3) is 2.39. The molecule has 0 bridgehead atoms. The van der Waals surface area contributed by atoms with E-state index in [1.54, 1.807) is 0 Å². The quantitative estimate of drug-likeness (QED) is 0.896. The van der Waals surface area contributed by atoms with Gasteiger partial charge in [-0.15, -0.1) is 11.3 Å². The minimum Gasteiger partial charge on any atom is -0.303 e. The molecule has 3 rings (SSSR count). The van der Waals surface area contributed by atoms with Gasteiger partial charge < -0.3 is 5.32 Å². The highest BCUT2D eigenvalue weighted by atomic mass is 79.9. The van der Waals surface area contributed by atoms with Gasteiger partial charge in [0.1, 0.15) is 0 Å². The number of fused-ring (bicyclic) bond motifs is 1. The molecule has 0 aliphatic heterocycles. The highest BCUT2D eigenvalue weighted by Crippen LogP contribution is 2.38. The van der Waals surface area contributed by atoms with Gasteiger partial charge in [-0.2, -0.15) is 5.10 Å². The van der Waals surface area contributed by atoms with Crippen molar-refractivity contribution < 1.29 is 0 Å². The Hall–Kier alpha value is -0.650. The predicted octanol–water partition coefficient (Wildman–Crippen LogP) is 3.96. The fourth-order valence-electron chi connectivity index (χ4n) is 2.59. The predicted molar refractivity (Wildman–Crippen MR) is 77.8 cm³/mol. The van der Waals surface area contributed by atoms with Crippen LogP contribution in [-0.2, 0) is 6.42 Å². The van der Waals surface area contributed by atoms with Crippen LogP contribution in [-0.4, -0.2) is 10.2 Å². The van der Waals surface area contributed by atoms with Crippen molar-refractivity contribution in [1.29, 1.82) is 0 Å². The van der Waals surface area contributed by atoms with Crippen LogP contribution in [0, 0.1) is 0 Å². The fraction of sp³-hybridized carbons (Fsp3) is 0.462. The molecule has 96 valence electrons. The Morgan fingerprint density at radius 3 is 3.28 bits per heavy atom. The second-order valence-corrected chi connectivity index (χ2v) is 7.31. The van der Waals surface area contributed by atoms with Crippen LogP contribution in [0.3, 0.4) is 0 Å². The van der Waals surface area contributed by atoms with Crippen molar-refractivity contribution in [2.75, 3.05) is 0 Å². The summed E-state index contributed by atoms with van der Waals surface area (Å²) in [7, 11) is 0. The van der Waals surface area contributed by atoms with Gasteiger partial charge in [-0.1, -0.05) is 0 Å². The number of rotatable bonds is 3. The summed E-state index contributed by atoms with van der Waals surface area (Å²) in [5.74, 6) is 0. The molecule has 2 heterocycles. The van der Waals surface area contributed by atoms with Crippen molar-refractivity contribution in [3.63, 3.8) is 0 Å². The van der Waals surface area contributed by atoms with Crippen molar-refractivity contribution in [2.45, 2.75) is 38.3 Å². The van der Waals surface area contributed by atoms with E-state index in [9.17, 15) is 0 Å². The highest BCUT2D eigenvalue weighted by molar-refractivity contribution is 9.11. The second-order valence-electron chi connectivity index (χ2n) is 4.79. The summed E-state index contributed by atoms with van der Waals surface area (Å²) in [5, 5.41) is 10.6. The van der Waals surface area contributed by atoms with Gasteiger partial charge in [0.05, 0.1) is 9.98 Å². The molecular formula is C13H16BrN3S. The zero-order valence-electron chi connectivity index (χ0n) is 10.2. The Kier molecular flexibility index (Phi) is 3.54. The highest BCUT2D eigenvalue weighted by Gasteiger charge is 2.24. The second kappa shape index (κ2) is 5.15. The van der Waals surface area contributed by atoms with E-state index < -0.39 is 0 Å². The van der Waals surface area contributed by atoms with Gasteiger partial charge in [0, 0.05) is 28.7 Å². The fourth-order valence-corrected chi connectivity index (χ4v) is 4.41. The van der Waals surface area contributed by atoms with E-state index in [0.29, 0.717) is 12.1 Å². The van der Waals surface area contributed by atoms with E-state index in [-0.39, 0.29) is 0 Å². The number of halogens is 1. The van der Waals surface area contributed by atoms with Crippen LogP contribution in [0.5, 0.6) is 0 Å². The maximum atomic E-state index is 4.01. The molecule has 2 atom stereocenters. The number of aryl methyl sites for hydroxylation is 1. The number of aromatic amines is 1. The SMILES string of the molecule is CC(NC1CCCc2sc(Br)cc21)c1cn[nH]c1. The van der Waals surface area contributed by atoms with Crippen molar-refractivity contribution in [1.82, 2.24) is 15.5 Å². The van der Waals surface area contributed by atoms with Crippen molar-refractivity contribution >= 4 is 27.3 Å². The van der Waals surface area contributed by atoms with Crippen LogP contribution < -0.4 is 5.32 Å². The Balaban J connectivity index is 1.78. The Morgan fingerprint density at radius 2 is 2.50 bits per heavy atom. The summed E-state index contributed by atoms with van der Waals surface area (Å²) < 4.78 is 1.25. The van der Waals surface area contributed by atoms with Gasteiger partial charge in [-0.05, 0) is 53.7 Å². The van der Waals surface area contributed by atoms with Crippen molar-refractivity contribution in [3.8, 4) is 0 Å². The lowest BCUT2D eigenvalue weighted by Gasteiger charge is -2.26. The Morgan fingerprint density at radius 1 is 1.61 bits per heavy atom. The molecule has 2 aromatic heterocycles. The van der Waals surface area contributed by atoms with Crippen LogP contribution >= 0.6 is 27.3 Å². The molecule has 18 heavy (non-hydrogen) atoms. The average Bonchev–Trinajstić information content (AvgIpc) is 2.96. The average molecular weight is 326 g/mol. The molecule has 0 fully saturated rings. The molecule has 0 amide bonds. The maximum Gasteiger partial charge on any atom is 0.0704 e. The topological polar surface area (TPSA) is 40.7 Å². The third-order valence-electron chi connectivity index (χ3n) is 3.55. The minimum atomic E-state index is 0.332. The normalized spacial score (nSPS) is 20.7. The van der Waals surface area contributed by atoms with Crippen molar-refractivity contribution in [2.24, 2.45) is 0 Å². The first kappa shape index (κ1) is 12.4. The van der Waals surface area contributed by atoms with Gasteiger partial charge in [0.15, 0.2) is 0 Å². The molecule has 2 unspecified atom stereocenters. The van der Waals surface area contributed by atoms with Crippen LogP contribution in [0.25, 0.3) is 0 Å². The van der Waals surface area contributed by atoms with E-state index in [1.807, 2.05) is 23.7 Å². The minimum absolute atomic E-state index is 0.332. The number of aromatic nitrogens is 2. The summed E-state index contributed by atoms with van der Waals surface area (Å²) in [4.78, 5) is 1.53. The van der Waals surface area contributed by atoms with Gasteiger partial charge in [-0.3, -0.25) is 5.10 Å². The summed E-state index contributed by atoms with van der Waals surface area (Å²) in [6.45, 7) is 2.19. The van der Waals surface area contributed by atoms with Crippen LogP contribution in [0.4, 0.5) is 0 Å². The number of hydrogen-bond acceptors (Lipinski definition) is 3. The first-order valence-electron chi connectivity index (χ1n) is 6.27. The lowest BCUT2D eigenvalue weighted by atomic mass is 9.93. The van der Waals surface area contributed by atoms with Crippen LogP contribution in [0.2, 0.25) is 0 Å². The smallest absolute Gasteiger partial charge is 0.0704 e. The number of nitrogens with zero attached hydrogens (tertiary/aromatic N) is 1. The molecule has 5 heteroatoms. The van der Waals surface area contributed by atoms with E-state index in [2.05, 4.69) is 44.4 Å². The Labute approximate surface area is 119 Å². The van der Waals surface area contributed by atoms with Crippen molar-refractivity contribution in [3.05, 3.63) is 38.3 Å². The number of hydrogen-bond donors (Lipinski definition) is 2. The molecule has 0 spiro atoms.